The van der Waals surface area contributed by atoms with Gasteiger partial charge in [-0.05, 0) is 50.4 Å². The molecule has 0 bridgehead atoms. The standard InChI is InChI=1S/C16H26N2O/c1-6-17-11-16(19)18(5)8-7-15-13(3)9-12(2)10-14(15)4/h9-10,17H,6-8,11H2,1-5H3. The summed E-state index contributed by atoms with van der Waals surface area (Å²) >= 11 is 0. The summed E-state index contributed by atoms with van der Waals surface area (Å²) in [6.07, 6.45) is 0.923. The highest BCUT2D eigenvalue weighted by Crippen LogP contribution is 2.17. The van der Waals surface area contributed by atoms with E-state index in [1.165, 1.54) is 22.3 Å². The van der Waals surface area contributed by atoms with E-state index in [1.54, 1.807) is 4.90 Å². The molecular weight excluding hydrogens is 236 g/mol. The second kappa shape index (κ2) is 7.29. The first-order valence-electron chi connectivity index (χ1n) is 6.97. The normalized spacial score (nSPS) is 10.6. The lowest BCUT2D eigenvalue weighted by atomic mass is 9.97. The number of carbonyl (C=O) groups is 1. The highest BCUT2D eigenvalue weighted by Gasteiger charge is 2.10. The van der Waals surface area contributed by atoms with Crippen molar-refractivity contribution in [2.24, 2.45) is 0 Å². The van der Waals surface area contributed by atoms with Gasteiger partial charge in [0.25, 0.3) is 0 Å². The molecule has 3 nitrogen and oxygen atoms in total. The summed E-state index contributed by atoms with van der Waals surface area (Å²) in [4.78, 5) is 13.6. The van der Waals surface area contributed by atoms with Crippen LogP contribution in [0.4, 0.5) is 0 Å². The molecule has 0 unspecified atom stereocenters. The van der Waals surface area contributed by atoms with Crippen LogP contribution in [0, 0.1) is 20.8 Å². The molecule has 1 amide bonds. The van der Waals surface area contributed by atoms with E-state index in [2.05, 4.69) is 38.2 Å². The lowest BCUT2D eigenvalue weighted by Crippen LogP contribution is -2.36. The van der Waals surface area contributed by atoms with Gasteiger partial charge in [0.2, 0.25) is 5.91 Å². The third kappa shape index (κ3) is 4.67. The lowest BCUT2D eigenvalue weighted by molar-refractivity contribution is -0.128. The molecule has 0 aliphatic heterocycles. The quantitative estimate of drug-likeness (QED) is 0.852. The first-order valence-corrected chi connectivity index (χ1v) is 6.97. The average Bonchev–Trinajstić information content (AvgIpc) is 2.34. The number of amides is 1. The van der Waals surface area contributed by atoms with Crippen LogP contribution in [0.2, 0.25) is 0 Å². The van der Waals surface area contributed by atoms with E-state index in [0.29, 0.717) is 6.54 Å². The molecule has 0 atom stereocenters. The summed E-state index contributed by atoms with van der Waals surface area (Å²) in [5.41, 5.74) is 5.32. The maximum Gasteiger partial charge on any atom is 0.236 e. The minimum Gasteiger partial charge on any atom is -0.344 e. The summed E-state index contributed by atoms with van der Waals surface area (Å²) in [6.45, 7) is 10.5. The highest BCUT2D eigenvalue weighted by molar-refractivity contribution is 5.77. The van der Waals surface area contributed by atoms with E-state index in [-0.39, 0.29) is 5.91 Å². The molecule has 106 valence electrons. The smallest absolute Gasteiger partial charge is 0.236 e. The summed E-state index contributed by atoms with van der Waals surface area (Å²) < 4.78 is 0. The van der Waals surface area contributed by atoms with Crippen LogP contribution < -0.4 is 5.32 Å². The Morgan fingerprint density at radius 1 is 1.21 bits per heavy atom. The number of nitrogens with one attached hydrogen (secondary N) is 1. The van der Waals surface area contributed by atoms with Crippen molar-refractivity contribution >= 4 is 5.91 Å². The van der Waals surface area contributed by atoms with Gasteiger partial charge in [0.05, 0.1) is 6.54 Å². The van der Waals surface area contributed by atoms with Crippen molar-refractivity contribution in [3.8, 4) is 0 Å². The number of rotatable bonds is 6. The van der Waals surface area contributed by atoms with Crippen molar-refractivity contribution in [3.63, 3.8) is 0 Å². The predicted molar refractivity (Wildman–Crippen MR) is 80.5 cm³/mol. The zero-order valence-corrected chi connectivity index (χ0v) is 12.8. The van der Waals surface area contributed by atoms with Gasteiger partial charge in [0, 0.05) is 13.6 Å². The zero-order valence-electron chi connectivity index (χ0n) is 12.8. The second-order valence-electron chi connectivity index (χ2n) is 5.22. The van der Waals surface area contributed by atoms with E-state index >= 15 is 0 Å². The Kier molecular flexibility index (Phi) is 6.03. The summed E-state index contributed by atoms with van der Waals surface area (Å²) in [7, 11) is 1.87. The third-order valence-corrected chi connectivity index (χ3v) is 3.49. The minimum atomic E-state index is 0.157. The number of nitrogens with zero attached hydrogens (tertiary/aromatic N) is 1. The maximum atomic E-state index is 11.8. The highest BCUT2D eigenvalue weighted by atomic mass is 16.2. The second-order valence-corrected chi connectivity index (χ2v) is 5.22. The largest absolute Gasteiger partial charge is 0.344 e. The fourth-order valence-electron chi connectivity index (χ4n) is 2.38. The molecule has 0 heterocycles. The van der Waals surface area contributed by atoms with Crippen LogP contribution in [0.25, 0.3) is 0 Å². The minimum absolute atomic E-state index is 0.157. The van der Waals surface area contributed by atoms with Crippen LogP contribution in [0.1, 0.15) is 29.2 Å². The molecule has 1 aromatic carbocycles. The first-order chi connectivity index (χ1) is 8.95. The molecule has 1 rings (SSSR count). The molecule has 19 heavy (non-hydrogen) atoms. The molecule has 0 saturated heterocycles. The Bertz CT molecular complexity index is 417. The van der Waals surface area contributed by atoms with Crippen LogP contribution in [0.5, 0.6) is 0 Å². The fraction of sp³-hybridized carbons (Fsp3) is 0.562. The Labute approximate surface area is 117 Å². The van der Waals surface area contributed by atoms with Gasteiger partial charge in [-0.1, -0.05) is 24.6 Å². The SMILES string of the molecule is CCNCC(=O)N(C)CCc1c(C)cc(C)cc1C. The van der Waals surface area contributed by atoms with Gasteiger partial charge in [-0.2, -0.15) is 0 Å². The topological polar surface area (TPSA) is 32.3 Å². The molecule has 0 aliphatic carbocycles. The van der Waals surface area contributed by atoms with E-state index in [9.17, 15) is 4.79 Å². The summed E-state index contributed by atoms with van der Waals surface area (Å²) in [6, 6.07) is 4.42. The van der Waals surface area contributed by atoms with Gasteiger partial charge in [-0.3, -0.25) is 4.79 Å². The Morgan fingerprint density at radius 2 is 1.79 bits per heavy atom. The van der Waals surface area contributed by atoms with Gasteiger partial charge in [-0.25, -0.2) is 0 Å². The molecule has 0 fully saturated rings. The molecule has 0 radical (unpaired) electrons. The van der Waals surface area contributed by atoms with Crippen molar-refractivity contribution in [2.45, 2.75) is 34.1 Å². The lowest BCUT2D eigenvalue weighted by Gasteiger charge is -2.19. The van der Waals surface area contributed by atoms with Gasteiger partial charge in [0.1, 0.15) is 0 Å². The van der Waals surface area contributed by atoms with Crippen LogP contribution in [-0.4, -0.2) is 37.5 Å². The number of hydrogen-bond acceptors (Lipinski definition) is 2. The van der Waals surface area contributed by atoms with Gasteiger partial charge < -0.3 is 10.2 Å². The summed E-state index contributed by atoms with van der Waals surface area (Å²) in [5.74, 6) is 0.157. The molecule has 1 N–H and O–H groups in total. The van der Waals surface area contributed by atoms with E-state index in [4.69, 9.17) is 0 Å². The van der Waals surface area contributed by atoms with Crippen molar-refractivity contribution < 1.29 is 4.79 Å². The number of carbonyl (C=O) groups excluding carboxylic acids is 1. The number of benzene rings is 1. The van der Waals surface area contributed by atoms with Crippen molar-refractivity contribution in [3.05, 3.63) is 34.4 Å². The Balaban J connectivity index is 2.59. The first kappa shape index (κ1) is 15.7. The van der Waals surface area contributed by atoms with Crippen molar-refractivity contribution in [2.75, 3.05) is 26.7 Å². The monoisotopic (exact) mass is 262 g/mol. The van der Waals surface area contributed by atoms with Crippen LogP contribution in [0.3, 0.4) is 0 Å². The number of hydrogen-bond donors (Lipinski definition) is 1. The molecule has 0 saturated carbocycles. The third-order valence-electron chi connectivity index (χ3n) is 3.49. The molecular formula is C16H26N2O. The summed E-state index contributed by atoms with van der Waals surface area (Å²) in [5, 5.41) is 3.07. The van der Waals surface area contributed by atoms with Gasteiger partial charge in [-0.15, -0.1) is 0 Å². The van der Waals surface area contributed by atoms with Gasteiger partial charge in [0.15, 0.2) is 0 Å². The van der Waals surface area contributed by atoms with E-state index < -0.39 is 0 Å². The van der Waals surface area contributed by atoms with Crippen LogP contribution in [-0.2, 0) is 11.2 Å². The van der Waals surface area contributed by atoms with Gasteiger partial charge >= 0.3 is 0 Å². The fourth-order valence-corrected chi connectivity index (χ4v) is 2.38. The number of likely N-dealkylation sites (N-methyl/N-ethyl adjacent to an activating group) is 2. The van der Waals surface area contributed by atoms with Crippen LogP contribution >= 0.6 is 0 Å². The maximum absolute atomic E-state index is 11.8. The molecule has 0 aromatic heterocycles. The molecule has 0 spiro atoms. The Morgan fingerprint density at radius 3 is 2.32 bits per heavy atom. The van der Waals surface area contributed by atoms with Crippen LogP contribution in [0.15, 0.2) is 12.1 Å². The van der Waals surface area contributed by atoms with Crippen molar-refractivity contribution in [1.82, 2.24) is 10.2 Å². The van der Waals surface area contributed by atoms with E-state index in [0.717, 1.165) is 19.5 Å². The number of aryl methyl sites for hydroxylation is 3. The van der Waals surface area contributed by atoms with E-state index in [1.807, 2.05) is 14.0 Å². The molecule has 0 aliphatic rings. The predicted octanol–water partition coefficient (Wildman–Crippen LogP) is 2.22. The zero-order chi connectivity index (χ0) is 14.4. The Hall–Kier alpha value is -1.35. The van der Waals surface area contributed by atoms with Crippen molar-refractivity contribution in [1.29, 1.82) is 0 Å². The molecule has 3 heteroatoms. The molecule has 1 aromatic rings. The average molecular weight is 262 g/mol.